The summed E-state index contributed by atoms with van der Waals surface area (Å²) in [6.07, 6.45) is 5.12. The van der Waals surface area contributed by atoms with Gasteiger partial charge >= 0.3 is 5.97 Å². The van der Waals surface area contributed by atoms with Crippen LogP contribution in [0.1, 0.15) is 35.7 Å². The lowest BCUT2D eigenvalue weighted by Gasteiger charge is -2.23. The fourth-order valence-electron chi connectivity index (χ4n) is 4.55. The Labute approximate surface area is 253 Å². The Balaban J connectivity index is 1.41. The Kier molecular flexibility index (Phi) is 11.6. The monoisotopic (exact) mass is 611 g/mol. The second-order valence-corrected chi connectivity index (χ2v) is 10.2. The minimum atomic E-state index is -1.03. The highest BCUT2D eigenvalue weighted by molar-refractivity contribution is 6.30. The summed E-state index contributed by atoms with van der Waals surface area (Å²) in [5.41, 5.74) is 2.06. The van der Waals surface area contributed by atoms with Crippen LogP contribution in [0.2, 0.25) is 5.02 Å². The number of tetrazole rings is 1. The van der Waals surface area contributed by atoms with E-state index < -0.39 is 17.9 Å². The average molecular weight is 612 g/mol. The molecule has 1 saturated heterocycles. The molecule has 0 saturated carbocycles. The van der Waals surface area contributed by atoms with Gasteiger partial charge < -0.3 is 30.1 Å². The molecule has 2 aromatic carbocycles. The van der Waals surface area contributed by atoms with Gasteiger partial charge in [0.15, 0.2) is 0 Å². The van der Waals surface area contributed by atoms with E-state index in [0.717, 1.165) is 6.42 Å². The van der Waals surface area contributed by atoms with Crippen LogP contribution in [0, 0.1) is 0 Å². The van der Waals surface area contributed by atoms with Gasteiger partial charge in [-0.15, -0.1) is 5.10 Å². The molecule has 1 aliphatic heterocycles. The number of carbonyl (C=O) groups is 3. The van der Waals surface area contributed by atoms with Gasteiger partial charge in [-0.25, -0.2) is 4.79 Å². The number of hydrogen-bond donors (Lipinski definition) is 3. The lowest BCUT2D eigenvalue weighted by molar-refractivity contribution is -0.131. The number of halogens is 1. The molecular formula is C29H34ClN7O6. The van der Waals surface area contributed by atoms with Crippen LogP contribution in [0.4, 0.5) is 5.69 Å². The van der Waals surface area contributed by atoms with Crippen molar-refractivity contribution in [3.8, 4) is 5.69 Å². The smallest absolute Gasteiger partial charge is 0.335 e. The van der Waals surface area contributed by atoms with E-state index in [2.05, 4.69) is 26.2 Å². The number of rotatable bonds is 15. The summed E-state index contributed by atoms with van der Waals surface area (Å²) in [5.74, 6) is -1.55. The molecule has 228 valence electrons. The van der Waals surface area contributed by atoms with Crippen molar-refractivity contribution in [2.24, 2.45) is 0 Å². The van der Waals surface area contributed by atoms with E-state index in [9.17, 15) is 14.4 Å². The molecular weight excluding hydrogens is 578 g/mol. The van der Waals surface area contributed by atoms with Gasteiger partial charge in [0.25, 0.3) is 0 Å². The third-order valence-electron chi connectivity index (χ3n) is 6.73. The first kappa shape index (κ1) is 31.6. The summed E-state index contributed by atoms with van der Waals surface area (Å²) in [7, 11) is 0. The zero-order valence-electron chi connectivity index (χ0n) is 23.7. The molecule has 2 heterocycles. The van der Waals surface area contributed by atoms with Gasteiger partial charge in [-0.05, 0) is 72.3 Å². The van der Waals surface area contributed by atoms with Gasteiger partial charge in [0.2, 0.25) is 11.8 Å². The number of nitrogens with one attached hydrogen (secondary N) is 2. The first-order valence-corrected chi connectivity index (χ1v) is 14.3. The van der Waals surface area contributed by atoms with Crippen LogP contribution in [-0.2, 0) is 19.1 Å². The highest BCUT2D eigenvalue weighted by atomic mass is 35.5. The van der Waals surface area contributed by atoms with Crippen LogP contribution in [0.15, 0.2) is 54.9 Å². The number of benzene rings is 2. The van der Waals surface area contributed by atoms with Crippen molar-refractivity contribution in [3.05, 3.63) is 71.0 Å². The van der Waals surface area contributed by atoms with E-state index in [4.69, 9.17) is 26.2 Å². The summed E-state index contributed by atoms with van der Waals surface area (Å²) >= 11 is 6.18. The van der Waals surface area contributed by atoms with Gasteiger partial charge in [-0.2, -0.15) is 4.68 Å². The summed E-state index contributed by atoms with van der Waals surface area (Å²) < 4.78 is 12.6. The predicted molar refractivity (Wildman–Crippen MR) is 159 cm³/mol. The van der Waals surface area contributed by atoms with Crippen LogP contribution in [0.25, 0.3) is 11.8 Å². The Bertz CT molecular complexity index is 1400. The molecule has 0 spiro atoms. The number of carbonyl (C=O) groups excluding carboxylic acids is 2. The second kappa shape index (κ2) is 15.8. The number of aromatic nitrogens is 4. The number of likely N-dealkylation sites (tertiary alicyclic amines) is 1. The SMILES string of the molecule is CCOCCOC1CCN(C(=O)C[C@@H](CNc2ccc(C(=O)O)cc2)NC(=O)/C=C/c2cc(Cl)ccc2-n2cnnn2)C1. The molecule has 1 fully saturated rings. The normalized spacial score (nSPS) is 15.5. The number of nitrogens with zero attached hydrogens (tertiary/aromatic N) is 5. The van der Waals surface area contributed by atoms with Gasteiger partial charge in [0.05, 0.1) is 36.6 Å². The summed E-state index contributed by atoms with van der Waals surface area (Å²) in [6.45, 7) is 4.80. The first-order chi connectivity index (χ1) is 20.8. The lowest BCUT2D eigenvalue weighted by Crippen LogP contribution is -2.43. The van der Waals surface area contributed by atoms with Gasteiger partial charge in [-0.1, -0.05) is 11.6 Å². The second-order valence-electron chi connectivity index (χ2n) is 9.78. The topological polar surface area (TPSA) is 161 Å². The number of carboxylic acid groups (broad SMARTS) is 1. The van der Waals surface area contributed by atoms with Crippen LogP contribution in [-0.4, -0.2) is 99.6 Å². The average Bonchev–Trinajstić information content (AvgIpc) is 3.70. The Morgan fingerprint density at radius 3 is 2.72 bits per heavy atom. The minimum absolute atomic E-state index is 0.0541. The fraction of sp³-hybridized carbons (Fsp3) is 0.379. The molecule has 0 bridgehead atoms. The maximum atomic E-state index is 13.2. The van der Waals surface area contributed by atoms with E-state index in [1.54, 1.807) is 41.3 Å². The molecule has 1 unspecified atom stereocenters. The third kappa shape index (κ3) is 9.60. The number of hydrogen-bond acceptors (Lipinski definition) is 9. The molecule has 3 aromatic rings. The lowest BCUT2D eigenvalue weighted by atomic mass is 10.1. The highest BCUT2D eigenvalue weighted by Gasteiger charge is 2.28. The van der Waals surface area contributed by atoms with Crippen LogP contribution < -0.4 is 10.6 Å². The zero-order valence-corrected chi connectivity index (χ0v) is 24.4. The van der Waals surface area contributed by atoms with E-state index >= 15 is 0 Å². The van der Waals surface area contributed by atoms with Crippen LogP contribution in [0.3, 0.4) is 0 Å². The Morgan fingerprint density at radius 1 is 1.19 bits per heavy atom. The Morgan fingerprint density at radius 2 is 2.00 bits per heavy atom. The van der Waals surface area contributed by atoms with Crippen molar-refractivity contribution in [3.63, 3.8) is 0 Å². The molecule has 0 radical (unpaired) electrons. The first-order valence-electron chi connectivity index (χ1n) is 13.9. The van der Waals surface area contributed by atoms with Gasteiger partial charge in [0, 0.05) is 55.0 Å². The molecule has 4 rings (SSSR count). The molecule has 2 atom stereocenters. The number of carboxylic acids is 1. The highest BCUT2D eigenvalue weighted by Crippen LogP contribution is 2.20. The van der Waals surface area contributed by atoms with Crippen molar-refractivity contribution in [1.82, 2.24) is 30.4 Å². The molecule has 0 aliphatic carbocycles. The fourth-order valence-corrected chi connectivity index (χ4v) is 4.73. The van der Waals surface area contributed by atoms with Crippen molar-refractivity contribution >= 4 is 41.1 Å². The standard InChI is InChI=1S/C29H34ClN7O6/c1-2-42-13-14-43-25-11-12-36(18-25)28(39)16-24(17-31-23-7-3-20(4-8-23)29(40)41)33-27(38)10-5-21-15-22(30)6-9-26(21)37-19-32-34-35-37/h3-10,15,19,24-25,31H,2,11-14,16-18H2,1H3,(H,33,38)(H,40,41)/b10-5+/t24-,25?/m0/s1. The zero-order chi connectivity index (χ0) is 30.6. The summed E-state index contributed by atoms with van der Waals surface area (Å²) in [6, 6.07) is 10.8. The van der Waals surface area contributed by atoms with Crippen molar-refractivity contribution in [2.45, 2.75) is 31.9 Å². The molecule has 2 amide bonds. The number of anilines is 1. The maximum absolute atomic E-state index is 13.2. The van der Waals surface area contributed by atoms with E-state index in [1.165, 1.54) is 29.2 Å². The minimum Gasteiger partial charge on any atom is -0.478 e. The molecule has 1 aliphatic rings. The van der Waals surface area contributed by atoms with E-state index in [0.29, 0.717) is 54.9 Å². The van der Waals surface area contributed by atoms with E-state index in [1.807, 2.05) is 6.92 Å². The molecule has 43 heavy (non-hydrogen) atoms. The summed E-state index contributed by atoms with van der Waals surface area (Å²) in [4.78, 5) is 39.2. The van der Waals surface area contributed by atoms with Gasteiger partial charge in [0.1, 0.15) is 6.33 Å². The molecule has 13 nitrogen and oxygen atoms in total. The molecule has 3 N–H and O–H groups in total. The third-order valence-corrected chi connectivity index (χ3v) is 6.97. The van der Waals surface area contributed by atoms with E-state index in [-0.39, 0.29) is 30.5 Å². The largest absolute Gasteiger partial charge is 0.478 e. The van der Waals surface area contributed by atoms with Crippen molar-refractivity contribution in [1.29, 1.82) is 0 Å². The Hall–Kier alpha value is -4.33. The quantitative estimate of drug-likeness (QED) is 0.172. The van der Waals surface area contributed by atoms with Crippen LogP contribution in [0.5, 0.6) is 0 Å². The van der Waals surface area contributed by atoms with Crippen LogP contribution >= 0.6 is 11.6 Å². The predicted octanol–water partition coefficient (Wildman–Crippen LogP) is 2.67. The summed E-state index contributed by atoms with van der Waals surface area (Å²) in [5, 5.41) is 26.9. The van der Waals surface area contributed by atoms with Gasteiger partial charge in [-0.3, -0.25) is 9.59 Å². The number of aromatic carboxylic acids is 1. The van der Waals surface area contributed by atoms with Crippen molar-refractivity contribution < 1.29 is 29.0 Å². The maximum Gasteiger partial charge on any atom is 0.335 e. The van der Waals surface area contributed by atoms with Crippen molar-refractivity contribution in [2.75, 3.05) is 44.8 Å². The number of ether oxygens (including phenoxy) is 2. The molecule has 14 heteroatoms. The molecule has 1 aromatic heterocycles. The number of amides is 2.